The molecular formula is C15H21N3. The molecule has 1 saturated heterocycles. The maximum atomic E-state index is 9.02. The van der Waals surface area contributed by atoms with Crippen LogP contribution in [0.1, 0.15) is 18.9 Å². The van der Waals surface area contributed by atoms with E-state index in [1.807, 2.05) is 0 Å². The zero-order chi connectivity index (χ0) is 13.1. The molecule has 1 aliphatic rings. The molecule has 18 heavy (non-hydrogen) atoms. The molecule has 96 valence electrons. The van der Waals surface area contributed by atoms with Crippen LogP contribution in [0.25, 0.3) is 0 Å². The third kappa shape index (κ3) is 2.65. The number of nitrogens with zero attached hydrogens (tertiary/aromatic N) is 3. The Bertz CT molecular complexity index is 449. The Morgan fingerprint density at radius 2 is 2.17 bits per heavy atom. The molecule has 3 nitrogen and oxygen atoms in total. The fraction of sp³-hybridized carbons (Fsp3) is 0.533. The highest BCUT2D eigenvalue weighted by Crippen LogP contribution is 2.26. The monoisotopic (exact) mass is 243 g/mol. The van der Waals surface area contributed by atoms with Crippen molar-refractivity contribution in [2.45, 2.75) is 32.4 Å². The average Bonchev–Trinajstić information content (AvgIpc) is 2.28. The van der Waals surface area contributed by atoms with Crippen molar-refractivity contribution in [1.29, 1.82) is 5.26 Å². The van der Waals surface area contributed by atoms with E-state index in [4.69, 9.17) is 5.26 Å². The van der Waals surface area contributed by atoms with Crippen LogP contribution < -0.4 is 4.90 Å². The first kappa shape index (κ1) is 12.9. The van der Waals surface area contributed by atoms with Crippen LogP contribution >= 0.6 is 0 Å². The van der Waals surface area contributed by atoms with Gasteiger partial charge in [-0.2, -0.15) is 5.26 Å². The van der Waals surface area contributed by atoms with Crippen molar-refractivity contribution in [2.24, 2.45) is 0 Å². The highest BCUT2D eigenvalue weighted by Gasteiger charge is 2.30. The predicted molar refractivity (Wildman–Crippen MR) is 74.6 cm³/mol. The molecule has 0 saturated carbocycles. The van der Waals surface area contributed by atoms with Crippen LogP contribution in [0.4, 0.5) is 5.69 Å². The summed E-state index contributed by atoms with van der Waals surface area (Å²) in [7, 11) is 2.13. The van der Waals surface area contributed by atoms with E-state index in [1.165, 1.54) is 11.3 Å². The van der Waals surface area contributed by atoms with Crippen molar-refractivity contribution in [3.05, 3.63) is 29.8 Å². The van der Waals surface area contributed by atoms with Gasteiger partial charge in [0.15, 0.2) is 0 Å². The standard InChI is InChI=1S/C15H21N3/c1-12-5-4-6-14(9-12)18-13(2)10-17(3)11-15(18)7-8-16/h4-6,9,13,15H,7,10-11H2,1-3H3. The minimum atomic E-state index is 0.297. The summed E-state index contributed by atoms with van der Waals surface area (Å²) in [6, 6.07) is 11.6. The Kier molecular flexibility index (Phi) is 3.88. The number of nitriles is 1. The molecule has 0 radical (unpaired) electrons. The lowest BCUT2D eigenvalue weighted by Crippen LogP contribution is -2.56. The van der Waals surface area contributed by atoms with Crippen LogP contribution in [0.2, 0.25) is 0 Å². The molecule has 1 aromatic carbocycles. The van der Waals surface area contributed by atoms with E-state index in [0.29, 0.717) is 18.5 Å². The summed E-state index contributed by atoms with van der Waals surface area (Å²) in [6.07, 6.45) is 0.586. The maximum Gasteiger partial charge on any atom is 0.0643 e. The SMILES string of the molecule is Cc1cccc(N2C(C)CN(C)CC2CC#N)c1. The third-order valence-corrected chi connectivity index (χ3v) is 3.59. The highest BCUT2D eigenvalue weighted by molar-refractivity contribution is 5.51. The van der Waals surface area contributed by atoms with E-state index in [1.54, 1.807) is 0 Å². The van der Waals surface area contributed by atoms with Gasteiger partial charge in [0, 0.05) is 24.8 Å². The van der Waals surface area contributed by atoms with E-state index >= 15 is 0 Å². The van der Waals surface area contributed by atoms with E-state index in [-0.39, 0.29) is 0 Å². The summed E-state index contributed by atoms with van der Waals surface area (Å²) in [6.45, 7) is 6.37. The summed E-state index contributed by atoms with van der Waals surface area (Å²) in [5.41, 5.74) is 2.52. The van der Waals surface area contributed by atoms with Crippen LogP contribution in [0, 0.1) is 18.3 Å². The number of hydrogen-bond acceptors (Lipinski definition) is 3. The van der Waals surface area contributed by atoms with E-state index in [9.17, 15) is 0 Å². The number of likely N-dealkylation sites (N-methyl/N-ethyl adjacent to an activating group) is 1. The number of hydrogen-bond donors (Lipinski definition) is 0. The Morgan fingerprint density at radius 1 is 1.39 bits per heavy atom. The van der Waals surface area contributed by atoms with Gasteiger partial charge in [0.2, 0.25) is 0 Å². The number of rotatable bonds is 2. The Hall–Kier alpha value is -1.53. The Balaban J connectivity index is 2.29. The van der Waals surface area contributed by atoms with Gasteiger partial charge < -0.3 is 9.80 Å². The molecule has 0 N–H and O–H groups in total. The predicted octanol–water partition coefficient (Wildman–Crippen LogP) is 2.42. The zero-order valence-corrected chi connectivity index (χ0v) is 11.4. The molecule has 0 aliphatic carbocycles. The van der Waals surface area contributed by atoms with Crippen LogP contribution in [-0.4, -0.2) is 37.1 Å². The van der Waals surface area contributed by atoms with E-state index < -0.39 is 0 Å². The fourth-order valence-electron chi connectivity index (χ4n) is 2.94. The Morgan fingerprint density at radius 3 is 2.83 bits per heavy atom. The maximum absolute atomic E-state index is 9.02. The molecule has 0 spiro atoms. The second-order valence-electron chi connectivity index (χ2n) is 5.33. The summed E-state index contributed by atoms with van der Waals surface area (Å²) >= 11 is 0. The molecule has 0 amide bonds. The van der Waals surface area contributed by atoms with Crippen LogP contribution in [-0.2, 0) is 0 Å². The van der Waals surface area contributed by atoms with Gasteiger partial charge in [0.05, 0.1) is 18.5 Å². The smallest absolute Gasteiger partial charge is 0.0643 e. The van der Waals surface area contributed by atoms with E-state index in [0.717, 1.165) is 13.1 Å². The third-order valence-electron chi connectivity index (χ3n) is 3.59. The molecule has 2 unspecified atom stereocenters. The lowest BCUT2D eigenvalue weighted by atomic mass is 10.0. The van der Waals surface area contributed by atoms with Gasteiger partial charge in [-0.15, -0.1) is 0 Å². The van der Waals surface area contributed by atoms with Crippen molar-refractivity contribution in [2.75, 3.05) is 25.0 Å². The molecule has 0 bridgehead atoms. The summed E-state index contributed by atoms with van der Waals surface area (Å²) in [4.78, 5) is 4.73. The first-order valence-corrected chi connectivity index (χ1v) is 6.52. The topological polar surface area (TPSA) is 30.3 Å². The zero-order valence-electron chi connectivity index (χ0n) is 11.4. The van der Waals surface area contributed by atoms with Gasteiger partial charge in [0.1, 0.15) is 0 Å². The lowest BCUT2D eigenvalue weighted by Gasteiger charge is -2.45. The largest absolute Gasteiger partial charge is 0.362 e. The highest BCUT2D eigenvalue weighted by atomic mass is 15.3. The van der Waals surface area contributed by atoms with Gasteiger partial charge >= 0.3 is 0 Å². The number of aryl methyl sites for hydroxylation is 1. The fourth-order valence-corrected chi connectivity index (χ4v) is 2.94. The quantitative estimate of drug-likeness (QED) is 0.799. The molecule has 1 heterocycles. The van der Waals surface area contributed by atoms with Crippen molar-refractivity contribution in [3.63, 3.8) is 0 Å². The Labute approximate surface area is 110 Å². The minimum absolute atomic E-state index is 0.297. The lowest BCUT2D eigenvalue weighted by molar-refractivity contribution is 0.233. The van der Waals surface area contributed by atoms with Crippen molar-refractivity contribution in [1.82, 2.24) is 4.90 Å². The van der Waals surface area contributed by atoms with Crippen molar-refractivity contribution >= 4 is 5.69 Å². The summed E-state index contributed by atoms with van der Waals surface area (Å²) in [5, 5.41) is 9.02. The molecule has 0 aromatic heterocycles. The molecule has 1 fully saturated rings. The molecule has 3 heteroatoms. The number of piperazine rings is 1. The van der Waals surface area contributed by atoms with Gasteiger partial charge in [-0.05, 0) is 38.6 Å². The first-order chi connectivity index (χ1) is 8.61. The molecular weight excluding hydrogens is 222 g/mol. The van der Waals surface area contributed by atoms with Gasteiger partial charge in [-0.1, -0.05) is 12.1 Å². The van der Waals surface area contributed by atoms with Crippen LogP contribution in [0.3, 0.4) is 0 Å². The first-order valence-electron chi connectivity index (χ1n) is 6.52. The average molecular weight is 243 g/mol. The normalized spacial score (nSPS) is 24.9. The molecule has 1 aromatic rings. The number of anilines is 1. The second-order valence-corrected chi connectivity index (χ2v) is 5.33. The van der Waals surface area contributed by atoms with Gasteiger partial charge in [-0.25, -0.2) is 0 Å². The van der Waals surface area contributed by atoms with E-state index in [2.05, 4.69) is 61.0 Å². The molecule has 2 atom stereocenters. The van der Waals surface area contributed by atoms with Crippen molar-refractivity contribution in [3.8, 4) is 6.07 Å². The summed E-state index contributed by atoms with van der Waals surface area (Å²) < 4.78 is 0. The van der Waals surface area contributed by atoms with Gasteiger partial charge in [-0.3, -0.25) is 0 Å². The second kappa shape index (κ2) is 5.41. The minimum Gasteiger partial charge on any atom is -0.362 e. The summed E-state index contributed by atoms with van der Waals surface area (Å²) in [5.74, 6) is 0. The van der Waals surface area contributed by atoms with Crippen molar-refractivity contribution < 1.29 is 0 Å². The van der Waals surface area contributed by atoms with Crippen LogP contribution in [0.15, 0.2) is 24.3 Å². The molecule has 1 aliphatic heterocycles. The van der Waals surface area contributed by atoms with Gasteiger partial charge in [0.25, 0.3) is 0 Å². The van der Waals surface area contributed by atoms with Crippen LogP contribution in [0.5, 0.6) is 0 Å². The number of benzene rings is 1. The molecule has 2 rings (SSSR count).